The lowest BCUT2D eigenvalue weighted by molar-refractivity contribution is -0.116. The molecule has 0 spiro atoms. The van der Waals surface area contributed by atoms with Gasteiger partial charge in [-0.25, -0.2) is 13.2 Å². The van der Waals surface area contributed by atoms with Crippen LogP contribution in [0.4, 0.5) is 13.2 Å². The Morgan fingerprint density at radius 3 is 2.73 bits per heavy atom. The van der Waals surface area contributed by atoms with E-state index in [-0.39, 0.29) is 23.8 Å². The topological polar surface area (TPSA) is 63.0 Å². The van der Waals surface area contributed by atoms with Crippen LogP contribution in [-0.4, -0.2) is 23.0 Å². The fraction of sp³-hybridized carbons (Fsp3) is 0.118. The Kier molecular flexibility index (Phi) is 5.57. The zero-order chi connectivity index (χ0) is 18.5. The number of thioether (sulfide) groups is 1. The third kappa shape index (κ3) is 4.63. The number of nitrogens with one attached hydrogen (secondary N) is 1. The summed E-state index contributed by atoms with van der Waals surface area (Å²) in [6.45, 7) is -0.307. The van der Waals surface area contributed by atoms with E-state index in [1.54, 1.807) is 0 Å². The van der Waals surface area contributed by atoms with Crippen LogP contribution in [0, 0.1) is 17.5 Å². The second-order valence-electron chi connectivity index (χ2n) is 5.20. The summed E-state index contributed by atoms with van der Waals surface area (Å²) in [7, 11) is 0. The van der Waals surface area contributed by atoms with E-state index in [1.807, 2.05) is 0 Å². The van der Waals surface area contributed by atoms with Crippen molar-refractivity contribution in [3.8, 4) is 5.75 Å². The molecule has 0 saturated carbocycles. The largest absolute Gasteiger partial charge is 0.486 e. The van der Waals surface area contributed by atoms with Crippen molar-refractivity contribution >= 4 is 29.1 Å². The van der Waals surface area contributed by atoms with Gasteiger partial charge in [0.05, 0.1) is 12.0 Å². The third-order valence-corrected chi connectivity index (χ3v) is 4.15. The van der Waals surface area contributed by atoms with Crippen LogP contribution in [0.15, 0.2) is 46.6 Å². The van der Waals surface area contributed by atoms with E-state index in [1.165, 1.54) is 36.2 Å². The number of amidine groups is 1. The van der Waals surface area contributed by atoms with E-state index in [0.29, 0.717) is 16.5 Å². The molecule has 5 nitrogen and oxygen atoms in total. The number of nitrogens with zero attached hydrogens (tertiary/aromatic N) is 2. The van der Waals surface area contributed by atoms with Gasteiger partial charge in [0, 0.05) is 5.56 Å². The first kappa shape index (κ1) is 18.0. The summed E-state index contributed by atoms with van der Waals surface area (Å²) in [4.78, 5) is 11.0. The third-order valence-electron chi connectivity index (χ3n) is 3.29. The highest BCUT2D eigenvalue weighted by Gasteiger charge is 2.16. The van der Waals surface area contributed by atoms with Crippen molar-refractivity contribution in [3.63, 3.8) is 0 Å². The normalized spacial score (nSPS) is 15.7. The zero-order valence-corrected chi connectivity index (χ0v) is 14.0. The average Bonchev–Trinajstić information content (AvgIpc) is 3.02. The number of halogens is 3. The molecule has 1 N–H and O–H groups in total. The highest BCUT2D eigenvalue weighted by Crippen LogP contribution is 2.20. The molecule has 0 unspecified atom stereocenters. The molecule has 0 atom stereocenters. The first-order valence-corrected chi connectivity index (χ1v) is 8.40. The standard InChI is InChI=1S/C17H12F3N3O2S/c18-12-2-3-13(19)11(6-12)8-25-15-4-1-10(5-14(15)20)7-21-23-17-22-16(24)9-26-17/h1-7H,8-9H2,(H,22,23,24). The number of hydrogen-bond acceptors (Lipinski definition) is 5. The molecule has 1 heterocycles. The van der Waals surface area contributed by atoms with Crippen molar-refractivity contribution in [2.45, 2.75) is 6.61 Å². The Balaban J connectivity index is 1.64. The predicted octanol–water partition coefficient (Wildman–Crippen LogP) is 3.24. The Bertz CT molecular complexity index is 903. The van der Waals surface area contributed by atoms with Crippen LogP contribution in [0.25, 0.3) is 0 Å². The molecule has 1 fully saturated rings. The number of carbonyl (C=O) groups is 1. The van der Waals surface area contributed by atoms with E-state index in [0.717, 1.165) is 18.2 Å². The van der Waals surface area contributed by atoms with Gasteiger partial charge in [-0.05, 0) is 42.0 Å². The first-order valence-electron chi connectivity index (χ1n) is 7.41. The van der Waals surface area contributed by atoms with Crippen LogP contribution in [0.3, 0.4) is 0 Å². The Morgan fingerprint density at radius 2 is 2.00 bits per heavy atom. The second-order valence-corrected chi connectivity index (χ2v) is 6.16. The maximum Gasteiger partial charge on any atom is 0.236 e. The lowest BCUT2D eigenvalue weighted by Gasteiger charge is -2.08. The Morgan fingerprint density at radius 1 is 1.15 bits per heavy atom. The lowest BCUT2D eigenvalue weighted by Crippen LogP contribution is -2.19. The van der Waals surface area contributed by atoms with E-state index >= 15 is 0 Å². The number of amides is 1. The molecule has 2 aromatic rings. The fourth-order valence-electron chi connectivity index (χ4n) is 2.05. The molecule has 1 amide bonds. The van der Waals surface area contributed by atoms with Gasteiger partial charge < -0.3 is 10.1 Å². The summed E-state index contributed by atoms with van der Waals surface area (Å²) < 4.78 is 45.9. The van der Waals surface area contributed by atoms with Crippen molar-refractivity contribution in [1.29, 1.82) is 0 Å². The smallest absolute Gasteiger partial charge is 0.236 e. The minimum Gasteiger partial charge on any atom is -0.486 e. The summed E-state index contributed by atoms with van der Waals surface area (Å²) in [6.07, 6.45) is 1.32. The molecule has 0 bridgehead atoms. The molecule has 1 aliphatic heterocycles. The van der Waals surface area contributed by atoms with Gasteiger partial charge in [0.25, 0.3) is 0 Å². The molecule has 0 aromatic heterocycles. The van der Waals surface area contributed by atoms with Crippen molar-refractivity contribution in [3.05, 3.63) is 65.0 Å². The first-order chi connectivity index (χ1) is 12.5. The maximum atomic E-state index is 14.1. The van der Waals surface area contributed by atoms with Gasteiger partial charge in [-0.15, -0.1) is 5.10 Å². The molecule has 9 heteroatoms. The number of hydrogen-bond donors (Lipinski definition) is 1. The summed E-state index contributed by atoms with van der Waals surface area (Å²) in [5.41, 5.74) is 0.410. The monoisotopic (exact) mass is 379 g/mol. The molecule has 0 aliphatic carbocycles. The molecule has 1 saturated heterocycles. The molecule has 134 valence electrons. The minimum atomic E-state index is -0.679. The van der Waals surface area contributed by atoms with Crippen LogP contribution in [-0.2, 0) is 11.4 Å². The van der Waals surface area contributed by atoms with Crippen LogP contribution < -0.4 is 10.1 Å². The van der Waals surface area contributed by atoms with Crippen LogP contribution >= 0.6 is 11.8 Å². The highest BCUT2D eigenvalue weighted by atomic mass is 32.2. The number of benzene rings is 2. The van der Waals surface area contributed by atoms with Crippen LogP contribution in [0.1, 0.15) is 11.1 Å². The van der Waals surface area contributed by atoms with Crippen LogP contribution in [0.5, 0.6) is 5.75 Å². The molecule has 3 rings (SSSR count). The molecular formula is C17H12F3N3O2S. The quantitative estimate of drug-likeness (QED) is 0.641. The second kappa shape index (κ2) is 8.05. The van der Waals surface area contributed by atoms with E-state index in [9.17, 15) is 18.0 Å². The van der Waals surface area contributed by atoms with Gasteiger partial charge in [-0.1, -0.05) is 11.8 Å². The number of carbonyl (C=O) groups excluding carboxylic acids is 1. The minimum absolute atomic E-state index is 0.0121. The summed E-state index contributed by atoms with van der Waals surface area (Å²) in [5, 5.41) is 10.5. The SMILES string of the molecule is O=C1CSC(=NN=Cc2ccc(OCc3cc(F)ccc3F)c(F)c2)N1. The zero-order valence-electron chi connectivity index (χ0n) is 13.2. The summed E-state index contributed by atoms with van der Waals surface area (Å²) in [5.74, 6) is -1.87. The van der Waals surface area contributed by atoms with E-state index in [4.69, 9.17) is 4.74 Å². The fourth-order valence-corrected chi connectivity index (χ4v) is 2.68. The molecule has 26 heavy (non-hydrogen) atoms. The predicted molar refractivity (Wildman–Crippen MR) is 92.7 cm³/mol. The van der Waals surface area contributed by atoms with Gasteiger partial charge >= 0.3 is 0 Å². The van der Waals surface area contributed by atoms with Crippen LogP contribution in [0.2, 0.25) is 0 Å². The average molecular weight is 379 g/mol. The van der Waals surface area contributed by atoms with Gasteiger partial charge in [-0.2, -0.15) is 5.10 Å². The molecule has 1 aliphatic rings. The number of rotatable bonds is 5. The van der Waals surface area contributed by atoms with E-state index in [2.05, 4.69) is 15.5 Å². The number of ether oxygens (including phenoxy) is 1. The Hall–Kier alpha value is -2.81. The van der Waals surface area contributed by atoms with Gasteiger partial charge in [0.2, 0.25) is 5.91 Å². The molecule has 2 aromatic carbocycles. The maximum absolute atomic E-state index is 14.1. The summed E-state index contributed by atoms with van der Waals surface area (Å²) in [6, 6.07) is 7.02. The van der Waals surface area contributed by atoms with Gasteiger partial charge in [0.1, 0.15) is 18.2 Å². The van der Waals surface area contributed by atoms with Crippen molar-refractivity contribution in [1.82, 2.24) is 5.32 Å². The van der Waals surface area contributed by atoms with E-state index < -0.39 is 17.5 Å². The van der Waals surface area contributed by atoms with Crippen molar-refractivity contribution in [2.75, 3.05) is 5.75 Å². The molecule has 0 radical (unpaired) electrons. The lowest BCUT2D eigenvalue weighted by atomic mass is 10.2. The van der Waals surface area contributed by atoms with Crippen molar-refractivity contribution in [2.24, 2.45) is 10.2 Å². The van der Waals surface area contributed by atoms with Crippen molar-refractivity contribution < 1.29 is 22.7 Å². The Labute approximate surface area is 151 Å². The summed E-state index contributed by atoms with van der Waals surface area (Å²) >= 11 is 1.22. The van der Waals surface area contributed by atoms with Gasteiger partial charge in [0.15, 0.2) is 16.7 Å². The highest BCUT2D eigenvalue weighted by molar-refractivity contribution is 8.15. The van der Waals surface area contributed by atoms with Gasteiger partial charge in [-0.3, -0.25) is 4.79 Å². The molecular weight excluding hydrogens is 367 g/mol.